The molecule has 0 spiro atoms. The van der Waals surface area contributed by atoms with Crippen molar-refractivity contribution < 1.29 is 0 Å². The smallest absolute Gasteiger partial charge is 0.00428 e. The molecule has 0 aliphatic carbocycles. The summed E-state index contributed by atoms with van der Waals surface area (Å²) in [6, 6.07) is 10.5. The normalized spacial score (nSPS) is 12.5. The van der Waals surface area contributed by atoms with Crippen LogP contribution in [0.4, 0.5) is 0 Å². The molecule has 1 heteroatoms. The lowest BCUT2D eigenvalue weighted by Crippen LogP contribution is -2.10. The SMILES string of the molecule is CCC(=S)C(C)Cc1ccccc1. The van der Waals surface area contributed by atoms with E-state index in [4.69, 9.17) is 12.2 Å². The first-order valence-corrected chi connectivity index (χ1v) is 5.21. The molecule has 1 unspecified atom stereocenters. The van der Waals surface area contributed by atoms with E-state index in [1.54, 1.807) is 0 Å². The molecule has 0 heterocycles. The van der Waals surface area contributed by atoms with Crippen molar-refractivity contribution in [1.29, 1.82) is 0 Å². The zero-order chi connectivity index (χ0) is 9.68. The maximum absolute atomic E-state index is 5.28. The Bertz CT molecular complexity index is 264. The third-order valence-electron chi connectivity index (χ3n) is 2.28. The predicted molar refractivity (Wildman–Crippen MR) is 62.2 cm³/mol. The lowest BCUT2D eigenvalue weighted by atomic mass is 9.97. The molecule has 1 aromatic carbocycles. The Kier molecular flexibility index (Phi) is 4.10. The Morgan fingerprint density at radius 1 is 1.31 bits per heavy atom. The Labute approximate surface area is 86.0 Å². The molecule has 0 bridgehead atoms. The molecular formula is C12H16S. The van der Waals surface area contributed by atoms with E-state index in [2.05, 4.69) is 38.1 Å². The summed E-state index contributed by atoms with van der Waals surface area (Å²) in [5.74, 6) is 0.530. The minimum Gasteiger partial charge on any atom is -0.0894 e. The zero-order valence-electron chi connectivity index (χ0n) is 8.29. The molecule has 0 aliphatic heterocycles. The Morgan fingerprint density at radius 2 is 1.92 bits per heavy atom. The third kappa shape index (κ3) is 3.27. The van der Waals surface area contributed by atoms with Gasteiger partial charge in [0.2, 0.25) is 0 Å². The van der Waals surface area contributed by atoms with Crippen LogP contribution in [0.25, 0.3) is 0 Å². The van der Waals surface area contributed by atoms with E-state index >= 15 is 0 Å². The number of hydrogen-bond donors (Lipinski definition) is 0. The molecule has 1 aromatic rings. The van der Waals surface area contributed by atoms with Gasteiger partial charge in [-0.05, 0) is 29.2 Å². The summed E-state index contributed by atoms with van der Waals surface area (Å²) in [5, 5.41) is 0. The van der Waals surface area contributed by atoms with Crippen LogP contribution in [0.2, 0.25) is 0 Å². The quantitative estimate of drug-likeness (QED) is 0.656. The number of thiocarbonyl (C=S) groups is 1. The molecule has 0 amide bonds. The summed E-state index contributed by atoms with van der Waals surface area (Å²) >= 11 is 5.28. The molecular weight excluding hydrogens is 176 g/mol. The predicted octanol–water partition coefficient (Wildman–Crippen LogP) is 3.65. The van der Waals surface area contributed by atoms with Gasteiger partial charge in [-0.15, -0.1) is 0 Å². The minimum atomic E-state index is 0.530. The minimum absolute atomic E-state index is 0.530. The second-order valence-corrected chi connectivity index (χ2v) is 3.94. The molecule has 0 radical (unpaired) electrons. The summed E-state index contributed by atoms with van der Waals surface area (Å²) < 4.78 is 0. The molecule has 0 N–H and O–H groups in total. The van der Waals surface area contributed by atoms with Gasteiger partial charge in [-0.25, -0.2) is 0 Å². The summed E-state index contributed by atoms with van der Waals surface area (Å²) in [6.45, 7) is 4.34. The highest BCUT2D eigenvalue weighted by Gasteiger charge is 2.06. The molecule has 0 fully saturated rings. The lowest BCUT2D eigenvalue weighted by molar-refractivity contribution is 0.764. The van der Waals surface area contributed by atoms with Crippen LogP contribution >= 0.6 is 12.2 Å². The van der Waals surface area contributed by atoms with E-state index in [0.29, 0.717) is 5.92 Å². The molecule has 1 rings (SSSR count). The van der Waals surface area contributed by atoms with Crippen LogP contribution in [-0.4, -0.2) is 4.86 Å². The maximum Gasteiger partial charge on any atom is -0.00428 e. The van der Waals surface area contributed by atoms with Gasteiger partial charge in [0.1, 0.15) is 0 Å². The van der Waals surface area contributed by atoms with Crippen molar-refractivity contribution in [3.8, 4) is 0 Å². The highest BCUT2D eigenvalue weighted by Crippen LogP contribution is 2.11. The largest absolute Gasteiger partial charge is 0.0894 e. The summed E-state index contributed by atoms with van der Waals surface area (Å²) in [5.41, 5.74) is 1.38. The molecule has 1 atom stereocenters. The van der Waals surface area contributed by atoms with E-state index in [1.165, 1.54) is 10.4 Å². The first-order valence-electron chi connectivity index (χ1n) is 4.80. The lowest BCUT2D eigenvalue weighted by Gasteiger charge is -2.11. The second-order valence-electron chi connectivity index (χ2n) is 3.41. The van der Waals surface area contributed by atoms with Gasteiger partial charge in [-0.3, -0.25) is 0 Å². The van der Waals surface area contributed by atoms with Crippen molar-refractivity contribution in [1.82, 2.24) is 0 Å². The van der Waals surface area contributed by atoms with Gasteiger partial charge < -0.3 is 0 Å². The van der Waals surface area contributed by atoms with Gasteiger partial charge in [0.15, 0.2) is 0 Å². The van der Waals surface area contributed by atoms with E-state index in [-0.39, 0.29) is 0 Å². The van der Waals surface area contributed by atoms with Gasteiger partial charge in [0.05, 0.1) is 0 Å². The molecule has 0 aromatic heterocycles. The van der Waals surface area contributed by atoms with Crippen LogP contribution in [0.1, 0.15) is 25.8 Å². The zero-order valence-corrected chi connectivity index (χ0v) is 9.10. The fraction of sp³-hybridized carbons (Fsp3) is 0.417. The fourth-order valence-electron chi connectivity index (χ4n) is 1.43. The van der Waals surface area contributed by atoms with Crippen molar-refractivity contribution in [3.05, 3.63) is 35.9 Å². The average Bonchev–Trinajstić information content (AvgIpc) is 2.18. The van der Waals surface area contributed by atoms with Crippen LogP contribution in [0.5, 0.6) is 0 Å². The number of rotatable bonds is 4. The molecule has 13 heavy (non-hydrogen) atoms. The van der Waals surface area contributed by atoms with Gasteiger partial charge >= 0.3 is 0 Å². The topological polar surface area (TPSA) is 0 Å². The van der Waals surface area contributed by atoms with Crippen molar-refractivity contribution >= 4 is 17.1 Å². The van der Waals surface area contributed by atoms with Crippen LogP contribution in [0.15, 0.2) is 30.3 Å². The molecule has 70 valence electrons. The molecule has 0 nitrogen and oxygen atoms in total. The maximum atomic E-state index is 5.28. The van der Waals surface area contributed by atoms with Gasteiger partial charge in [0.25, 0.3) is 0 Å². The van der Waals surface area contributed by atoms with Gasteiger partial charge in [-0.1, -0.05) is 56.4 Å². The Hall–Kier alpha value is -0.690. The van der Waals surface area contributed by atoms with E-state index in [9.17, 15) is 0 Å². The van der Waals surface area contributed by atoms with E-state index < -0.39 is 0 Å². The third-order valence-corrected chi connectivity index (χ3v) is 2.97. The van der Waals surface area contributed by atoms with Crippen molar-refractivity contribution in [3.63, 3.8) is 0 Å². The van der Waals surface area contributed by atoms with Crippen LogP contribution in [0.3, 0.4) is 0 Å². The highest BCUT2D eigenvalue weighted by atomic mass is 32.1. The molecule has 0 saturated heterocycles. The van der Waals surface area contributed by atoms with Crippen molar-refractivity contribution in [2.24, 2.45) is 5.92 Å². The second kappa shape index (κ2) is 5.13. The van der Waals surface area contributed by atoms with E-state index in [0.717, 1.165) is 12.8 Å². The number of benzene rings is 1. The summed E-state index contributed by atoms with van der Waals surface area (Å²) in [7, 11) is 0. The monoisotopic (exact) mass is 192 g/mol. The Balaban J connectivity index is 2.55. The van der Waals surface area contributed by atoms with E-state index in [1.807, 2.05) is 6.07 Å². The highest BCUT2D eigenvalue weighted by molar-refractivity contribution is 7.80. The average molecular weight is 192 g/mol. The fourth-order valence-corrected chi connectivity index (χ4v) is 1.51. The van der Waals surface area contributed by atoms with Crippen molar-refractivity contribution in [2.45, 2.75) is 26.7 Å². The summed E-state index contributed by atoms with van der Waals surface area (Å²) in [6.07, 6.45) is 2.09. The first kappa shape index (κ1) is 10.4. The standard InChI is InChI=1S/C12H16S/c1-3-12(13)10(2)9-11-7-5-4-6-8-11/h4-8,10H,3,9H2,1-2H3. The van der Waals surface area contributed by atoms with Crippen molar-refractivity contribution in [2.75, 3.05) is 0 Å². The molecule has 0 saturated carbocycles. The van der Waals surface area contributed by atoms with Crippen LogP contribution in [-0.2, 0) is 6.42 Å². The summed E-state index contributed by atoms with van der Waals surface area (Å²) in [4.78, 5) is 1.18. The number of hydrogen-bond acceptors (Lipinski definition) is 1. The van der Waals surface area contributed by atoms with Crippen LogP contribution < -0.4 is 0 Å². The molecule has 0 aliphatic rings. The Morgan fingerprint density at radius 3 is 2.46 bits per heavy atom. The van der Waals surface area contributed by atoms with Gasteiger partial charge in [0, 0.05) is 0 Å². The van der Waals surface area contributed by atoms with Crippen LogP contribution in [0, 0.1) is 5.92 Å². The van der Waals surface area contributed by atoms with Gasteiger partial charge in [-0.2, -0.15) is 0 Å². The first-order chi connectivity index (χ1) is 6.24.